The van der Waals surface area contributed by atoms with Crippen molar-refractivity contribution in [3.05, 3.63) is 235 Å². The van der Waals surface area contributed by atoms with Crippen LogP contribution in [0, 0.1) is 0 Å². The zero-order valence-electron chi connectivity index (χ0n) is 29.8. The molecule has 0 aliphatic carbocycles. The van der Waals surface area contributed by atoms with E-state index in [1.807, 2.05) is 0 Å². The van der Waals surface area contributed by atoms with Crippen LogP contribution in [0.5, 0.6) is 0 Å². The molecule has 0 saturated carbocycles. The molecule has 254 valence electrons. The Labute approximate surface area is 316 Å². The zero-order chi connectivity index (χ0) is 35.8. The van der Waals surface area contributed by atoms with Gasteiger partial charge in [-0.15, -0.1) is 0 Å². The van der Waals surface area contributed by atoms with Gasteiger partial charge in [-0.1, -0.05) is 194 Å². The molecule has 0 bridgehead atoms. The summed E-state index contributed by atoms with van der Waals surface area (Å²) in [6.45, 7) is 0. The van der Waals surface area contributed by atoms with E-state index in [-0.39, 0.29) is 5.92 Å². The zero-order valence-corrected chi connectivity index (χ0v) is 29.8. The predicted molar refractivity (Wildman–Crippen MR) is 230 cm³/mol. The van der Waals surface area contributed by atoms with Crippen molar-refractivity contribution in [3.63, 3.8) is 0 Å². The van der Waals surface area contributed by atoms with Crippen LogP contribution in [-0.4, -0.2) is 0 Å². The van der Waals surface area contributed by atoms with E-state index in [0.29, 0.717) is 0 Å². The van der Waals surface area contributed by atoms with Crippen LogP contribution in [0.3, 0.4) is 0 Å². The van der Waals surface area contributed by atoms with Crippen LogP contribution in [0.2, 0.25) is 0 Å². The van der Waals surface area contributed by atoms with E-state index in [9.17, 15) is 0 Å². The van der Waals surface area contributed by atoms with Gasteiger partial charge in [0, 0.05) is 28.1 Å². The summed E-state index contributed by atoms with van der Waals surface area (Å²) < 4.78 is 0. The first-order valence-electron chi connectivity index (χ1n) is 18.7. The van der Waals surface area contributed by atoms with E-state index in [0.717, 1.165) is 11.4 Å². The number of anilines is 3. The molecule has 0 N–H and O–H groups in total. The normalized spacial score (nSPS) is 11.5. The second kappa shape index (κ2) is 13.5. The van der Waals surface area contributed by atoms with Crippen LogP contribution < -0.4 is 4.90 Å². The molecule has 0 radical (unpaired) electrons. The quantitative estimate of drug-likeness (QED) is 0.119. The first-order valence-corrected chi connectivity index (χ1v) is 18.7. The summed E-state index contributed by atoms with van der Waals surface area (Å²) in [6.07, 6.45) is 0. The Kier molecular flexibility index (Phi) is 7.96. The van der Waals surface area contributed by atoms with Gasteiger partial charge in [0.2, 0.25) is 0 Å². The number of para-hydroxylation sites is 2. The number of nitrogens with zero attached hydrogens (tertiary/aromatic N) is 1. The largest absolute Gasteiger partial charge is 0.309 e. The third kappa shape index (κ3) is 5.25. The Balaban J connectivity index is 1.35. The van der Waals surface area contributed by atoms with Crippen molar-refractivity contribution >= 4 is 60.2 Å². The fourth-order valence-electron chi connectivity index (χ4n) is 8.74. The summed E-state index contributed by atoms with van der Waals surface area (Å²) in [5.74, 6) is 0.0532. The first kappa shape index (κ1) is 31.7. The molecule has 0 spiro atoms. The van der Waals surface area contributed by atoms with Crippen LogP contribution in [-0.2, 0) is 0 Å². The summed E-state index contributed by atoms with van der Waals surface area (Å²) in [4.78, 5) is 2.43. The number of hydrogen-bond acceptors (Lipinski definition) is 1. The Morgan fingerprint density at radius 1 is 0.259 bits per heavy atom. The monoisotopic (exact) mass is 687 g/mol. The molecule has 10 aromatic carbocycles. The van der Waals surface area contributed by atoms with E-state index in [1.54, 1.807) is 0 Å². The van der Waals surface area contributed by atoms with Crippen molar-refractivity contribution in [2.24, 2.45) is 0 Å². The maximum absolute atomic E-state index is 2.43. The lowest BCUT2D eigenvalue weighted by atomic mass is 9.77. The lowest BCUT2D eigenvalue weighted by molar-refractivity contribution is 1.000. The summed E-state index contributed by atoms with van der Waals surface area (Å²) >= 11 is 0. The number of rotatable bonds is 7. The lowest BCUT2D eigenvalue weighted by Crippen LogP contribution is -2.11. The van der Waals surface area contributed by atoms with E-state index in [4.69, 9.17) is 0 Å². The molecule has 0 aliphatic rings. The molecule has 0 heterocycles. The summed E-state index contributed by atoms with van der Waals surface area (Å²) in [6, 6.07) is 79.7. The molecule has 0 atom stereocenters. The van der Waals surface area contributed by atoms with Crippen LogP contribution in [0.25, 0.3) is 54.2 Å². The highest BCUT2D eigenvalue weighted by Gasteiger charge is 2.27. The molecule has 0 aromatic heterocycles. The summed E-state index contributed by atoms with van der Waals surface area (Å²) in [5.41, 5.74) is 9.88. The van der Waals surface area contributed by atoms with Gasteiger partial charge in [-0.05, 0) is 84.4 Å². The molecule has 54 heavy (non-hydrogen) atoms. The molecule has 0 aliphatic heterocycles. The van der Waals surface area contributed by atoms with E-state index in [1.165, 1.54) is 76.6 Å². The van der Waals surface area contributed by atoms with Gasteiger partial charge >= 0.3 is 0 Å². The molecule has 0 unspecified atom stereocenters. The summed E-state index contributed by atoms with van der Waals surface area (Å²) in [5, 5.41) is 9.95. The van der Waals surface area contributed by atoms with Crippen LogP contribution >= 0.6 is 0 Å². The molecule has 0 amide bonds. The Hall–Kier alpha value is -6.96. The highest BCUT2D eigenvalue weighted by Crippen LogP contribution is 2.52. The third-order valence-corrected chi connectivity index (χ3v) is 10.9. The van der Waals surface area contributed by atoms with Gasteiger partial charge in [-0.3, -0.25) is 0 Å². The number of benzene rings is 10. The van der Waals surface area contributed by atoms with E-state index >= 15 is 0 Å². The highest BCUT2D eigenvalue weighted by molar-refractivity contribution is 6.28. The standard InChI is InChI=1S/C53H37N/c1-5-21-37(22-6-1)49(38-23-7-2-8-24-38)50-41-29-13-15-31-43(41)51(44-32-16-14-30-42(44)50)52-45-33-17-19-35-47(45)53(48-36-20-18-34-46(48)52)54(39-25-9-3-10-26-39)40-27-11-4-12-28-40/h1-36,49H. The van der Waals surface area contributed by atoms with Crippen molar-refractivity contribution in [2.45, 2.75) is 5.92 Å². The molecular formula is C53H37N. The molecule has 10 rings (SSSR count). The second-order valence-corrected chi connectivity index (χ2v) is 14.0. The average molecular weight is 688 g/mol. The van der Waals surface area contributed by atoms with Gasteiger partial charge in [-0.2, -0.15) is 0 Å². The summed E-state index contributed by atoms with van der Waals surface area (Å²) in [7, 11) is 0. The van der Waals surface area contributed by atoms with Crippen LogP contribution in [0.4, 0.5) is 17.1 Å². The smallest absolute Gasteiger partial charge is 0.0618 e. The Bertz CT molecular complexity index is 2520. The van der Waals surface area contributed by atoms with Gasteiger partial charge in [0.25, 0.3) is 0 Å². The van der Waals surface area contributed by atoms with E-state index in [2.05, 4.69) is 223 Å². The van der Waals surface area contributed by atoms with E-state index < -0.39 is 0 Å². The lowest BCUT2D eigenvalue weighted by Gasteiger charge is -2.30. The molecule has 0 fully saturated rings. The van der Waals surface area contributed by atoms with Crippen LogP contribution in [0.15, 0.2) is 218 Å². The number of hydrogen-bond donors (Lipinski definition) is 0. The maximum Gasteiger partial charge on any atom is 0.0618 e. The first-order chi connectivity index (χ1) is 26.9. The molecular weight excluding hydrogens is 651 g/mol. The van der Waals surface area contributed by atoms with Crippen molar-refractivity contribution in [1.29, 1.82) is 0 Å². The van der Waals surface area contributed by atoms with Gasteiger partial charge in [-0.25, -0.2) is 0 Å². The highest BCUT2D eigenvalue weighted by atomic mass is 15.1. The Morgan fingerprint density at radius 3 is 0.907 bits per heavy atom. The topological polar surface area (TPSA) is 3.24 Å². The molecule has 10 aromatic rings. The molecule has 0 saturated heterocycles. The van der Waals surface area contributed by atoms with Gasteiger partial charge in [0.15, 0.2) is 0 Å². The fourth-order valence-corrected chi connectivity index (χ4v) is 8.74. The van der Waals surface area contributed by atoms with Crippen molar-refractivity contribution in [2.75, 3.05) is 4.90 Å². The average Bonchev–Trinajstić information content (AvgIpc) is 3.25. The minimum Gasteiger partial charge on any atom is -0.309 e. The third-order valence-electron chi connectivity index (χ3n) is 10.9. The van der Waals surface area contributed by atoms with Crippen molar-refractivity contribution < 1.29 is 0 Å². The van der Waals surface area contributed by atoms with Crippen LogP contribution in [0.1, 0.15) is 22.6 Å². The molecule has 1 heteroatoms. The Morgan fingerprint density at radius 2 is 0.537 bits per heavy atom. The SMILES string of the molecule is c1ccc(C(c2ccccc2)c2c3ccccc3c(-c3c4ccccc4c(N(c4ccccc4)c4ccccc4)c4ccccc34)c3ccccc23)cc1. The predicted octanol–water partition coefficient (Wildman–Crippen LogP) is 14.6. The van der Waals surface area contributed by atoms with Gasteiger partial charge in [0.05, 0.1) is 5.69 Å². The number of fused-ring (bicyclic) bond motifs is 4. The van der Waals surface area contributed by atoms with Crippen molar-refractivity contribution in [1.82, 2.24) is 0 Å². The van der Waals surface area contributed by atoms with Gasteiger partial charge < -0.3 is 4.90 Å². The van der Waals surface area contributed by atoms with Crippen molar-refractivity contribution in [3.8, 4) is 11.1 Å². The molecule has 1 nitrogen and oxygen atoms in total. The minimum atomic E-state index is 0.0532. The fraction of sp³-hybridized carbons (Fsp3) is 0.0189. The second-order valence-electron chi connectivity index (χ2n) is 14.0. The van der Waals surface area contributed by atoms with Gasteiger partial charge in [0.1, 0.15) is 0 Å². The maximum atomic E-state index is 2.43. The minimum absolute atomic E-state index is 0.0532.